The van der Waals surface area contributed by atoms with E-state index in [1.165, 1.54) is 11.1 Å². The van der Waals surface area contributed by atoms with Crippen molar-refractivity contribution in [3.05, 3.63) is 83.7 Å². The first kappa shape index (κ1) is 23.0. The van der Waals surface area contributed by atoms with Crippen LogP contribution in [0.2, 0.25) is 0 Å². The molecule has 0 spiro atoms. The first-order chi connectivity index (χ1) is 17.0. The van der Waals surface area contributed by atoms with Gasteiger partial charge in [0.05, 0.1) is 24.8 Å². The Morgan fingerprint density at radius 3 is 2.57 bits per heavy atom. The van der Waals surface area contributed by atoms with Crippen LogP contribution in [0.3, 0.4) is 0 Å². The van der Waals surface area contributed by atoms with Gasteiger partial charge in [0.2, 0.25) is 5.91 Å². The zero-order chi connectivity index (χ0) is 24.4. The lowest BCUT2D eigenvalue weighted by molar-refractivity contribution is -0.117. The lowest BCUT2D eigenvalue weighted by Crippen LogP contribution is -2.24. The summed E-state index contributed by atoms with van der Waals surface area (Å²) in [6.07, 6.45) is 1.29. The molecule has 35 heavy (non-hydrogen) atoms. The van der Waals surface area contributed by atoms with E-state index >= 15 is 0 Å². The van der Waals surface area contributed by atoms with E-state index in [2.05, 4.69) is 42.7 Å². The normalized spacial score (nSPS) is 15.7. The number of carbonyl (C=O) groups is 1. The van der Waals surface area contributed by atoms with Crippen molar-refractivity contribution in [3.8, 4) is 11.5 Å². The van der Waals surface area contributed by atoms with Crippen LogP contribution in [0.1, 0.15) is 35.7 Å². The first-order valence-electron chi connectivity index (χ1n) is 12.1. The van der Waals surface area contributed by atoms with E-state index in [-0.39, 0.29) is 11.8 Å². The molecule has 180 valence electrons. The molecule has 0 bridgehead atoms. The van der Waals surface area contributed by atoms with Crippen LogP contribution in [0, 0.1) is 13.8 Å². The summed E-state index contributed by atoms with van der Waals surface area (Å²) >= 11 is 0. The third-order valence-electron chi connectivity index (χ3n) is 6.53. The van der Waals surface area contributed by atoms with Crippen molar-refractivity contribution < 1.29 is 14.3 Å². The molecular weight excluding hydrogens is 438 g/mol. The maximum atomic E-state index is 13.0. The Kier molecular flexibility index (Phi) is 6.45. The molecule has 2 heterocycles. The van der Waals surface area contributed by atoms with Gasteiger partial charge in [-0.3, -0.25) is 4.79 Å². The largest absolute Gasteiger partial charge is 0.497 e. The number of amides is 1. The second-order valence-corrected chi connectivity index (χ2v) is 9.24. The van der Waals surface area contributed by atoms with Crippen molar-refractivity contribution in [1.29, 1.82) is 0 Å². The lowest BCUT2D eigenvalue weighted by Gasteiger charge is -2.18. The maximum Gasteiger partial charge on any atom is 0.227 e. The molecular formula is C29H31N3O3. The van der Waals surface area contributed by atoms with Crippen molar-refractivity contribution in [3.63, 3.8) is 0 Å². The summed E-state index contributed by atoms with van der Waals surface area (Å²) in [6.45, 7) is 6.18. The number of aromatic nitrogens is 2. The number of anilines is 1. The molecule has 4 aromatic rings. The molecule has 0 aliphatic carbocycles. The molecule has 0 radical (unpaired) electrons. The molecule has 5 rings (SSSR count). The molecule has 1 atom stereocenters. The summed E-state index contributed by atoms with van der Waals surface area (Å²) in [5.74, 6) is 2.76. The van der Waals surface area contributed by atoms with Gasteiger partial charge in [-0.05, 0) is 67.8 Å². The Labute approximate surface area is 206 Å². The average molecular weight is 470 g/mol. The molecule has 1 saturated heterocycles. The van der Waals surface area contributed by atoms with Gasteiger partial charge < -0.3 is 18.9 Å². The molecule has 1 aliphatic rings. The highest BCUT2D eigenvalue weighted by atomic mass is 16.5. The zero-order valence-corrected chi connectivity index (χ0v) is 20.5. The Morgan fingerprint density at radius 1 is 0.971 bits per heavy atom. The Balaban J connectivity index is 1.34. The SMILES string of the molecule is COc1cccc(N2CC(c3nc4ccccc4n3CCCOc3cc(C)cc(C)c3)CC2=O)c1. The number of nitrogens with zero attached hydrogens (tertiary/aromatic N) is 3. The third kappa shape index (κ3) is 4.87. The smallest absolute Gasteiger partial charge is 0.227 e. The van der Waals surface area contributed by atoms with Crippen molar-refractivity contribution in [2.45, 2.75) is 39.2 Å². The highest BCUT2D eigenvalue weighted by molar-refractivity contribution is 5.96. The predicted octanol–water partition coefficient (Wildman–Crippen LogP) is 5.65. The van der Waals surface area contributed by atoms with Crippen molar-refractivity contribution in [2.75, 3.05) is 25.2 Å². The van der Waals surface area contributed by atoms with Crippen molar-refractivity contribution in [2.24, 2.45) is 0 Å². The standard InChI is InChI=1S/C29H31N3O3/c1-20-14-21(2)16-25(15-20)35-13-7-12-31-27-11-5-4-10-26(27)30-29(31)22-17-28(33)32(19-22)23-8-6-9-24(18-23)34-3/h4-6,8-11,14-16,18,22H,7,12-13,17,19H2,1-3H3. The molecule has 1 unspecified atom stereocenters. The molecule has 3 aromatic carbocycles. The summed E-state index contributed by atoms with van der Waals surface area (Å²) < 4.78 is 13.7. The second-order valence-electron chi connectivity index (χ2n) is 9.24. The Bertz CT molecular complexity index is 1340. The maximum absolute atomic E-state index is 13.0. The van der Waals surface area contributed by atoms with Gasteiger partial charge in [0.25, 0.3) is 0 Å². The zero-order valence-electron chi connectivity index (χ0n) is 20.5. The van der Waals surface area contributed by atoms with Gasteiger partial charge in [0.15, 0.2) is 0 Å². The topological polar surface area (TPSA) is 56.6 Å². The van der Waals surface area contributed by atoms with Crippen LogP contribution in [-0.2, 0) is 11.3 Å². The highest BCUT2D eigenvalue weighted by Gasteiger charge is 2.35. The molecule has 1 aliphatic heterocycles. The van der Waals surface area contributed by atoms with Crippen molar-refractivity contribution >= 4 is 22.6 Å². The van der Waals surface area contributed by atoms with Gasteiger partial charge in [0.1, 0.15) is 17.3 Å². The number of hydrogen-bond donors (Lipinski definition) is 0. The minimum absolute atomic E-state index is 0.0291. The van der Waals surface area contributed by atoms with E-state index in [0.717, 1.165) is 47.0 Å². The van der Waals surface area contributed by atoms with E-state index in [1.807, 2.05) is 47.4 Å². The number of aryl methyl sites for hydroxylation is 3. The van der Waals surface area contributed by atoms with Gasteiger partial charge in [0, 0.05) is 37.2 Å². The van der Waals surface area contributed by atoms with Crippen LogP contribution < -0.4 is 14.4 Å². The third-order valence-corrected chi connectivity index (χ3v) is 6.53. The Hall–Kier alpha value is -3.80. The predicted molar refractivity (Wildman–Crippen MR) is 138 cm³/mol. The number of hydrogen-bond acceptors (Lipinski definition) is 4. The monoisotopic (exact) mass is 469 g/mol. The molecule has 0 N–H and O–H groups in total. The van der Waals surface area contributed by atoms with Gasteiger partial charge in [-0.25, -0.2) is 4.98 Å². The lowest BCUT2D eigenvalue weighted by atomic mass is 10.1. The van der Waals surface area contributed by atoms with Crippen LogP contribution in [0.5, 0.6) is 11.5 Å². The number of rotatable bonds is 8. The van der Waals surface area contributed by atoms with Gasteiger partial charge >= 0.3 is 0 Å². The quantitative estimate of drug-likeness (QED) is 0.313. The van der Waals surface area contributed by atoms with Crippen LogP contribution >= 0.6 is 0 Å². The number of imidazole rings is 1. The number of para-hydroxylation sites is 2. The number of ether oxygens (including phenoxy) is 2. The van der Waals surface area contributed by atoms with Gasteiger partial charge in [-0.2, -0.15) is 0 Å². The fourth-order valence-electron chi connectivity index (χ4n) is 4.98. The molecule has 1 fully saturated rings. The van der Waals surface area contributed by atoms with Crippen molar-refractivity contribution in [1.82, 2.24) is 9.55 Å². The first-order valence-corrected chi connectivity index (χ1v) is 12.1. The summed E-state index contributed by atoms with van der Waals surface area (Å²) in [5.41, 5.74) is 5.33. The molecule has 6 nitrogen and oxygen atoms in total. The molecule has 1 amide bonds. The number of methoxy groups -OCH3 is 1. The fraction of sp³-hybridized carbons (Fsp3) is 0.310. The summed E-state index contributed by atoms with van der Waals surface area (Å²) in [5, 5.41) is 0. The number of fused-ring (bicyclic) bond motifs is 1. The molecule has 6 heteroatoms. The van der Waals surface area contributed by atoms with Gasteiger partial charge in [-0.1, -0.05) is 24.3 Å². The van der Waals surface area contributed by atoms with E-state index in [0.29, 0.717) is 19.6 Å². The summed E-state index contributed by atoms with van der Waals surface area (Å²) in [6, 6.07) is 22.2. The highest BCUT2D eigenvalue weighted by Crippen LogP contribution is 2.34. The minimum atomic E-state index is 0.0291. The summed E-state index contributed by atoms with van der Waals surface area (Å²) in [7, 11) is 1.64. The number of benzene rings is 3. The summed E-state index contributed by atoms with van der Waals surface area (Å²) in [4.78, 5) is 19.8. The second kappa shape index (κ2) is 9.82. The van der Waals surface area contributed by atoms with E-state index in [4.69, 9.17) is 14.5 Å². The van der Waals surface area contributed by atoms with Crippen LogP contribution in [-0.4, -0.2) is 35.7 Å². The molecule has 1 aromatic heterocycles. The average Bonchev–Trinajstić information content (AvgIpc) is 3.41. The minimum Gasteiger partial charge on any atom is -0.497 e. The van der Waals surface area contributed by atoms with Crippen LogP contribution in [0.15, 0.2) is 66.7 Å². The van der Waals surface area contributed by atoms with Crippen LogP contribution in [0.4, 0.5) is 5.69 Å². The Morgan fingerprint density at radius 2 is 1.77 bits per heavy atom. The van der Waals surface area contributed by atoms with E-state index < -0.39 is 0 Å². The van der Waals surface area contributed by atoms with E-state index in [9.17, 15) is 4.79 Å². The fourth-order valence-corrected chi connectivity index (χ4v) is 4.98. The van der Waals surface area contributed by atoms with Gasteiger partial charge in [-0.15, -0.1) is 0 Å². The van der Waals surface area contributed by atoms with E-state index in [1.54, 1.807) is 7.11 Å². The molecule has 0 saturated carbocycles. The van der Waals surface area contributed by atoms with Crippen LogP contribution in [0.25, 0.3) is 11.0 Å². The number of carbonyl (C=O) groups excluding carboxylic acids is 1.